The number of amides is 1. The van der Waals surface area contributed by atoms with E-state index < -0.39 is 0 Å². The molecule has 138 valence electrons. The molecule has 3 aromatic rings. The van der Waals surface area contributed by atoms with Crippen LogP contribution in [0.1, 0.15) is 29.6 Å². The van der Waals surface area contributed by atoms with Crippen LogP contribution in [0.25, 0.3) is 0 Å². The molecule has 2 N–H and O–H groups in total. The second kappa shape index (κ2) is 8.22. The Morgan fingerprint density at radius 1 is 1.00 bits per heavy atom. The smallest absolute Gasteiger partial charge is 0.255 e. The van der Waals surface area contributed by atoms with Crippen molar-refractivity contribution >= 4 is 39.4 Å². The second-order valence-corrected chi connectivity index (χ2v) is 7.49. The van der Waals surface area contributed by atoms with E-state index in [1.54, 1.807) is 6.20 Å². The van der Waals surface area contributed by atoms with Gasteiger partial charge in [-0.25, -0.2) is 4.98 Å². The average Bonchev–Trinajstić information content (AvgIpc) is 3.22. The van der Waals surface area contributed by atoms with Crippen LogP contribution in [0.3, 0.4) is 0 Å². The lowest BCUT2D eigenvalue weighted by molar-refractivity contribution is 0.102. The third-order valence-electron chi connectivity index (χ3n) is 4.65. The molecule has 1 aromatic heterocycles. The van der Waals surface area contributed by atoms with Gasteiger partial charge < -0.3 is 15.5 Å². The van der Waals surface area contributed by atoms with E-state index in [2.05, 4.69) is 32.7 Å². The summed E-state index contributed by atoms with van der Waals surface area (Å²) in [5, 5.41) is 8.90. The fourth-order valence-electron chi connectivity index (χ4n) is 3.26. The van der Waals surface area contributed by atoms with E-state index >= 15 is 0 Å². The number of carbonyl (C=O) groups is 1. The number of thiazole rings is 1. The van der Waals surface area contributed by atoms with Crippen molar-refractivity contribution in [2.24, 2.45) is 0 Å². The van der Waals surface area contributed by atoms with E-state index in [0.29, 0.717) is 5.56 Å². The van der Waals surface area contributed by atoms with Gasteiger partial charge in [0.1, 0.15) is 0 Å². The molecule has 6 heteroatoms. The lowest BCUT2D eigenvalue weighted by atomic mass is 10.1. The zero-order valence-electron chi connectivity index (χ0n) is 15.0. The summed E-state index contributed by atoms with van der Waals surface area (Å²) >= 11 is 1.52. The van der Waals surface area contributed by atoms with Gasteiger partial charge in [-0.2, -0.15) is 0 Å². The van der Waals surface area contributed by atoms with Crippen molar-refractivity contribution < 1.29 is 4.79 Å². The molecule has 2 heterocycles. The van der Waals surface area contributed by atoms with Crippen LogP contribution in [-0.2, 0) is 0 Å². The Labute approximate surface area is 163 Å². The van der Waals surface area contributed by atoms with Crippen LogP contribution in [-0.4, -0.2) is 24.0 Å². The van der Waals surface area contributed by atoms with E-state index in [0.717, 1.165) is 29.6 Å². The van der Waals surface area contributed by atoms with Gasteiger partial charge in [0.15, 0.2) is 5.13 Å². The molecule has 0 atom stereocenters. The van der Waals surface area contributed by atoms with Crippen molar-refractivity contribution in [3.63, 3.8) is 0 Å². The maximum Gasteiger partial charge on any atom is 0.255 e. The number of aromatic nitrogens is 1. The molecule has 0 radical (unpaired) electrons. The SMILES string of the molecule is O=C(Nc1ccc(N2CCCCC2)cc1)c1cccc(Nc2nccs2)c1. The number of hydrogen-bond donors (Lipinski definition) is 2. The summed E-state index contributed by atoms with van der Waals surface area (Å²) in [6.07, 6.45) is 5.58. The lowest BCUT2D eigenvalue weighted by Gasteiger charge is -2.28. The van der Waals surface area contributed by atoms with Crippen LogP contribution in [0.2, 0.25) is 0 Å². The molecule has 0 unspecified atom stereocenters. The second-order valence-electron chi connectivity index (χ2n) is 6.59. The Hall–Kier alpha value is -2.86. The third kappa shape index (κ3) is 4.46. The average molecular weight is 379 g/mol. The number of benzene rings is 2. The number of nitrogens with zero attached hydrogens (tertiary/aromatic N) is 2. The van der Waals surface area contributed by atoms with Crippen molar-refractivity contribution in [1.29, 1.82) is 0 Å². The first kappa shape index (κ1) is 17.5. The molecule has 27 heavy (non-hydrogen) atoms. The maximum atomic E-state index is 12.6. The van der Waals surface area contributed by atoms with Crippen molar-refractivity contribution in [2.45, 2.75) is 19.3 Å². The van der Waals surface area contributed by atoms with Gasteiger partial charge in [0.05, 0.1) is 0 Å². The highest BCUT2D eigenvalue weighted by atomic mass is 32.1. The molecule has 1 saturated heterocycles. The van der Waals surface area contributed by atoms with Gasteiger partial charge in [-0.1, -0.05) is 6.07 Å². The van der Waals surface area contributed by atoms with Gasteiger partial charge in [-0.3, -0.25) is 4.79 Å². The Bertz CT molecular complexity index is 887. The van der Waals surface area contributed by atoms with Crippen molar-refractivity contribution in [1.82, 2.24) is 4.98 Å². The number of anilines is 4. The van der Waals surface area contributed by atoms with Gasteiger partial charge in [0.2, 0.25) is 0 Å². The van der Waals surface area contributed by atoms with Gasteiger partial charge in [-0.15, -0.1) is 11.3 Å². The molecule has 1 aliphatic heterocycles. The molecule has 4 rings (SSSR count). The minimum absolute atomic E-state index is 0.122. The van der Waals surface area contributed by atoms with Gasteiger partial charge in [0, 0.05) is 47.3 Å². The van der Waals surface area contributed by atoms with Crippen LogP contribution in [0.5, 0.6) is 0 Å². The minimum Gasteiger partial charge on any atom is -0.372 e. The summed E-state index contributed by atoms with van der Waals surface area (Å²) in [4.78, 5) is 19.2. The van der Waals surface area contributed by atoms with E-state index in [-0.39, 0.29) is 5.91 Å². The Morgan fingerprint density at radius 3 is 2.56 bits per heavy atom. The summed E-state index contributed by atoms with van der Waals surface area (Å²) in [5.74, 6) is -0.122. The molecule has 2 aromatic carbocycles. The van der Waals surface area contributed by atoms with Gasteiger partial charge in [0.25, 0.3) is 5.91 Å². The molecule has 0 aliphatic carbocycles. The standard InChI is InChI=1S/C21H22N4OS/c26-20(16-5-4-6-18(15-16)24-21-22-11-14-27-21)23-17-7-9-19(10-8-17)25-12-2-1-3-13-25/h4-11,14-15H,1-3,12-13H2,(H,22,24)(H,23,26). The maximum absolute atomic E-state index is 12.6. The first-order valence-electron chi connectivity index (χ1n) is 9.21. The number of nitrogens with one attached hydrogen (secondary N) is 2. The third-order valence-corrected chi connectivity index (χ3v) is 5.34. The highest BCUT2D eigenvalue weighted by Crippen LogP contribution is 2.23. The van der Waals surface area contributed by atoms with Crippen LogP contribution >= 0.6 is 11.3 Å². The fourth-order valence-corrected chi connectivity index (χ4v) is 3.81. The van der Waals surface area contributed by atoms with Crippen LogP contribution in [0.4, 0.5) is 22.2 Å². The quantitative estimate of drug-likeness (QED) is 0.646. The van der Waals surface area contributed by atoms with Crippen LogP contribution < -0.4 is 15.5 Å². The van der Waals surface area contributed by atoms with E-state index in [1.807, 2.05) is 41.8 Å². The predicted octanol–water partition coefficient (Wildman–Crippen LogP) is 5.13. The molecule has 5 nitrogen and oxygen atoms in total. The van der Waals surface area contributed by atoms with E-state index in [1.165, 1.54) is 36.3 Å². The summed E-state index contributed by atoms with van der Waals surface area (Å²) in [7, 11) is 0. The highest BCUT2D eigenvalue weighted by Gasteiger charge is 2.11. The molecular weight excluding hydrogens is 356 g/mol. The lowest BCUT2D eigenvalue weighted by Crippen LogP contribution is -2.29. The molecule has 0 spiro atoms. The Morgan fingerprint density at radius 2 is 1.81 bits per heavy atom. The summed E-state index contributed by atoms with van der Waals surface area (Å²) in [6.45, 7) is 2.23. The van der Waals surface area contributed by atoms with Gasteiger partial charge >= 0.3 is 0 Å². The first-order valence-corrected chi connectivity index (χ1v) is 10.1. The van der Waals surface area contributed by atoms with Crippen molar-refractivity contribution in [3.8, 4) is 0 Å². The summed E-state index contributed by atoms with van der Waals surface area (Å²) < 4.78 is 0. The van der Waals surface area contributed by atoms with Gasteiger partial charge in [-0.05, 0) is 61.7 Å². The van der Waals surface area contributed by atoms with Crippen LogP contribution in [0.15, 0.2) is 60.1 Å². The molecule has 0 saturated carbocycles. The number of rotatable bonds is 5. The Balaban J connectivity index is 1.41. The van der Waals surface area contributed by atoms with Crippen LogP contribution in [0, 0.1) is 0 Å². The Kier molecular flexibility index (Phi) is 5.34. The molecule has 0 bridgehead atoms. The predicted molar refractivity (Wildman–Crippen MR) is 112 cm³/mol. The fraction of sp³-hybridized carbons (Fsp3) is 0.238. The number of hydrogen-bond acceptors (Lipinski definition) is 5. The highest BCUT2D eigenvalue weighted by molar-refractivity contribution is 7.13. The van der Waals surface area contributed by atoms with E-state index in [9.17, 15) is 4.79 Å². The zero-order chi connectivity index (χ0) is 18.5. The minimum atomic E-state index is -0.122. The topological polar surface area (TPSA) is 57.3 Å². The molecule has 1 aliphatic rings. The summed E-state index contributed by atoms with van der Waals surface area (Å²) in [5.41, 5.74) is 3.48. The first-order chi connectivity index (χ1) is 13.3. The van der Waals surface area contributed by atoms with Crippen molar-refractivity contribution in [3.05, 3.63) is 65.7 Å². The number of piperidine rings is 1. The van der Waals surface area contributed by atoms with E-state index in [4.69, 9.17) is 0 Å². The number of carbonyl (C=O) groups excluding carboxylic acids is 1. The molecular formula is C21H22N4OS. The zero-order valence-corrected chi connectivity index (χ0v) is 15.8. The largest absolute Gasteiger partial charge is 0.372 e. The monoisotopic (exact) mass is 378 g/mol. The normalized spacial score (nSPS) is 14.0. The summed E-state index contributed by atoms with van der Waals surface area (Å²) in [6, 6.07) is 15.5. The molecule has 1 fully saturated rings. The van der Waals surface area contributed by atoms with Crippen molar-refractivity contribution in [2.75, 3.05) is 28.6 Å². The molecule has 1 amide bonds.